The summed E-state index contributed by atoms with van der Waals surface area (Å²) in [6, 6.07) is 6.51. The number of nitrogens with two attached hydrogens (primary N) is 1. The molecule has 0 aromatic heterocycles. The summed E-state index contributed by atoms with van der Waals surface area (Å²) in [5.74, 6) is 0. The summed E-state index contributed by atoms with van der Waals surface area (Å²) in [4.78, 5) is 0.0957. The van der Waals surface area contributed by atoms with E-state index in [1.807, 2.05) is 6.92 Å². The normalized spacial score (nSPS) is 13.4. The molecule has 0 saturated carbocycles. The molecule has 0 bridgehead atoms. The molecule has 16 heavy (non-hydrogen) atoms. The first-order chi connectivity index (χ1) is 7.45. The van der Waals surface area contributed by atoms with Crippen LogP contribution >= 0.6 is 0 Å². The van der Waals surface area contributed by atoms with E-state index in [1.54, 1.807) is 25.3 Å². The van der Waals surface area contributed by atoms with Gasteiger partial charge in [0.25, 0.3) is 0 Å². The highest BCUT2D eigenvalue weighted by molar-refractivity contribution is 7.89. The number of methoxy groups -OCH3 is 1. The second-order valence-electron chi connectivity index (χ2n) is 3.47. The Morgan fingerprint density at radius 2 is 2.06 bits per heavy atom. The minimum absolute atomic E-state index is 0.00599. The van der Waals surface area contributed by atoms with Crippen LogP contribution in [0.25, 0.3) is 0 Å². The summed E-state index contributed by atoms with van der Waals surface area (Å²) in [6.45, 7) is 2.40. The quantitative estimate of drug-likeness (QED) is 0.802. The highest BCUT2D eigenvalue weighted by atomic mass is 32.2. The molecule has 0 spiro atoms. The van der Waals surface area contributed by atoms with Crippen LogP contribution in [0.1, 0.15) is 6.92 Å². The topological polar surface area (TPSA) is 81.4 Å². The molecule has 1 aromatic rings. The maximum Gasteiger partial charge on any atom is 0.240 e. The van der Waals surface area contributed by atoms with Gasteiger partial charge in [-0.1, -0.05) is 12.1 Å². The lowest BCUT2D eigenvalue weighted by atomic mass is 10.3. The Labute approximate surface area is 95.7 Å². The van der Waals surface area contributed by atoms with Crippen molar-refractivity contribution in [1.82, 2.24) is 0 Å². The van der Waals surface area contributed by atoms with Gasteiger partial charge in [0.05, 0.1) is 11.8 Å². The summed E-state index contributed by atoms with van der Waals surface area (Å²) < 4.78 is 27.6. The minimum atomic E-state index is -3.69. The molecule has 0 aliphatic rings. The van der Waals surface area contributed by atoms with Gasteiger partial charge in [0.1, 0.15) is 4.90 Å². The molecular formula is C10H16N2O3S. The van der Waals surface area contributed by atoms with E-state index in [9.17, 15) is 8.42 Å². The second-order valence-corrected chi connectivity index (χ2v) is 5.00. The highest BCUT2D eigenvalue weighted by Crippen LogP contribution is 2.19. The molecule has 0 aliphatic heterocycles. The van der Waals surface area contributed by atoms with E-state index in [0.717, 1.165) is 0 Å². The number of sulfonamides is 1. The minimum Gasteiger partial charge on any atom is -0.381 e. The van der Waals surface area contributed by atoms with Crippen LogP contribution in [0.3, 0.4) is 0 Å². The lowest BCUT2D eigenvalue weighted by Gasteiger charge is -2.14. The third-order valence-electron chi connectivity index (χ3n) is 2.18. The Hall–Kier alpha value is -1.11. The largest absolute Gasteiger partial charge is 0.381 e. The van der Waals surface area contributed by atoms with Crippen molar-refractivity contribution in [2.45, 2.75) is 17.9 Å². The maximum absolute atomic E-state index is 11.3. The van der Waals surface area contributed by atoms with Gasteiger partial charge >= 0.3 is 0 Å². The van der Waals surface area contributed by atoms with Crippen molar-refractivity contribution in [3.05, 3.63) is 24.3 Å². The lowest BCUT2D eigenvalue weighted by molar-refractivity contribution is 0.128. The van der Waals surface area contributed by atoms with Crippen LogP contribution in [0.5, 0.6) is 0 Å². The predicted octanol–water partition coefficient (Wildman–Crippen LogP) is 0.781. The summed E-state index contributed by atoms with van der Waals surface area (Å²) in [5, 5.41) is 8.08. The third kappa shape index (κ3) is 3.48. The van der Waals surface area contributed by atoms with Crippen molar-refractivity contribution >= 4 is 15.7 Å². The van der Waals surface area contributed by atoms with E-state index in [1.165, 1.54) is 6.07 Å². The fraction of sp³-hybridized carbons (Fsp3) is 0.400. The molecule has 90 valence electrons. The Morgan fingerprint density at radius 3 is 2.62 bits per heavy atom. The van der Waals surface area contributed by atoms with E-state index < -0.39 is 10.0 Å². The zero-order valence-electron chi connectivity index (χ0n) is 9.30. The lowest BCUT2D eigenvalue weighted by Crippen LogP contribution is -2.20. The van der Waals surface area contributed by atoms with E-state index in [0.29, 0.717) is 12.2 Å². The zero-order valence-corrected chi connectivity index (χ0v) is 10.1. The Balaban J connectivity index is 2.88. The highest BCUT2D eigenvalue weighted by Gasteiger charge is 2.13. The van der Waals surface area contributed by atoms with Crippen molar-refractivity contribution < 1.29 is 13.2 Å². The summed E-state index contributed by atoms with van der Waals surface area (Å²) in [7, 11) is -2.10. The number of hydrogen-bond acceptors (Lipinski definition) is 4. The van der Waals surface area contributed by atoms with E-state index in [2.05, 4.69) is 5.32 Å². The van der Waals surface area contributed by atoms with Gasteiger partial charge in [-0.05, 0) is 19.1 Å². The van der Waals surface area contributed by atoms with Crippen molar-refractivity contribution in [1.29, 1.82) is 0 Å². The average Bonchev–Trinajstić information content (AvgIpc) is 2.25. The van der Waals surface area contributed by atoms with E-state index >= 15 is 0 Å². The molecule has 1 unspecified atom stereocenters. The molecule has 1 rings (SSSR count). The van der Waals surface area contributed by atoms with E-state index in [4.69, 9.17) is 9.88 Å². The van der Waals surface area contributed by atoms with E-state index in [-0.39, 0.29) is 11.0 Å². The van der Waals surface area contributed by atoms with Gasteiger partial charge in [0, 0.05) is 13.7 Å². The molecular weight excluding hydrogens is 228 g/mol. The molecule has 0 aliphatic carbocycles. The molecule has 0 fully saturated rings. The van der Waals surface area contributed by atoms with Crippen molar-refractivity contribution in [2.75, 3.05) is 19.0 Å². The van der Waals surface area contributed by atoms with Gasteiger partial charge in [0.15, 0.2) is 0 Å². The number of ether oxygens (including phenoxy) is 1. The molecule has 1 atom stereocenters. The van der Waals surface area contributed by atoms with Crippen LogP contribution in [-0.2, 0) is 14.8 Å². The number of primary sulfonamides is 1. The first-order valence-corrected chi connectivity index (χ1v) is 6.38. The summed E-state index contributed by atoms with van der Waals surface area (Å²) in [6.07, 6.45) is -0.00599. The first-order valence-electron chi connectivity index (χ1n) is 4.83. The predicted molar refractivity (Wildman–Crippen MR) is 62.8 cm³/mol. The molecule has 1 aromatic carbocycles. The Bertz CT molecular complexity index is 445. The van der Waals surface area contributed by atoms with Crippen LogP contribution in [0, 0.1) is 0 Å². The van der Waals surface area contributed by atoms with Gasteiger partial charge < -0.3 is 10.1 Å². The molecule has 3 N–H and O–H groups in total. The fourth-order valence-corrected chi connectivity index (χ4v) is 1.91. The number of hydrogen-bond donors (Lipinski definition) is 2. The van der Waals surface area contributed by atoms with Gasteiger partial charge in [-0.25, -0.2) is 13.6 Å². The molecule has 0 radical (unpaired) electrons. The maximum atomic E-state index is 11.3. The van der Waals surface area contributed by atoms with Crippen molar-refractivity contribution in [3.63, 3.8) is 0 Å². The van der Waals surface area contributed by atoms with Crippen LogP contribution in [0.2, 0.25) is 0 Å². The van der Waals surface area contributed by atoms with Gasteiger partial charge in [-0.15, -0.1) is 0 Å². The molecule has 0 amide bonds. The monoisotopic (exact) mass is 244 g/mol. The summed E-state index contributed by atoms with van der Waals surface area (Å²) >= 11 is 0. The smallest absolute Gasteiger partial charge is 0.240 e. The standard InChI is InChI=1S/C10H16N2O3S/c1-8(15-2)7-12-9-5-3-4-6-10(9)16(11,13)14/h3-6,8,12H,7H2,1-2H3,(H2,11,13,14). The number of rotatable bonds is 5. The Morgan fingerprint density at radius 1 is 1.44 bits per heavy atom. The van der Waals surface area contributed by atoms with Crippen molar-refractivity contribution in [2.24, 2.45) is 5.14 Å². The molecule has 0 saturated heterocycles. The number of para-hydroxylation sites is 1. The van der Waals surface area contributed by atoms with Gasteiger partial charge in [0.2, 0.25) is 10.0 Å². The van der Waals surface area contributed by atoms with Crippen LogP contribution in [0.15, 0.2) is 29.2 Å². The third-order valence-corrected chi connectivity index (χ3v) is 3.14. The van der Waals surface area contributed by atoms with Crippen LogP contribution in [-0.4, -0.2) is 28.2 Å². The average molecular weight is 244 g/mol. The van der Waals surface area contributed by atoms with Gasteiger partial charge in [-0.3, -0.25) is 0 Å². The van der Waals surface area contributed by atoms with Gasteiger partial charge in [-0.2, -0.15) is 0 Å². The fourth-order valence-electron chi connectivity index (χ4n) is 1.20. The van der Waals surface area contributed by atoms with Crippen LogP contribution in [0.4, 0.5) is 5.69 Å². The first kappa shape index (κ1) is 13.0. The number of benzene rings is 1. The number of nitrogens with one attached hydrogen (secondary N) is 1. The zero-order chi connectivity index (χ0) is 12.2. The molecule has 5 nitrogen and oxygen atoms in total. The second kappa shape index (κ2) is 5.29. The van der Waals surface area contributed by atoms with Crippen LogP contribution < -0.4 is 10.5 Å². The number of anilines is 1. The summed E-state index contributed by atoms with van der Waals surface area (Å²) in [5.41, 5.74) is 0.494. The SMILES string of the molecule is COC(C)CNc1ccccc1S(N)(=O)=O. The molecule has 0 heterocycles. The molecule has 6 heteroatoms. The van der Waals surface area contributed by atoms with Crippen molar-refractivity contribution in [3.8, 4) is 0 Å². The Kier molecular flexibility index (Phi) is 4.28.